The van der Waals surface area contributed by atoms with Gasteiger partial charge in [-0.2, -0.15) is 5.53 Å². The Hall–Kier alpha value is -3.01. The highest BCUT2D eigenvalue weighted by Crippen LogP contribution is 2.29. The van der Waals surface area contributed by atoms with Gasteiger partial charge in [-0.1, -0.05) is 0 Å². The van der Waals surface area contributed by atoms with Gasteiger partial charge >= 0.3 is 0 Å². The van der Waals surface area contributed by atoms with E-state index < -0.39 is 6.04 Å². The van der Waals surface area contributed by atoms with Crippen molar-refractivity contribution in [1.82, 2.24) is 16.4 Å². The predicted molar refractivity (Wildman–Crippen MR) is 102 cm³/mol. The van der Waals surface area contributed by atoms with Crippen molar-refractivity contribution in [2.45, 2.75) is 12.2 Å². The fraction of sp³-hybridized carbons (Fsp3) is 0.278. The first-order valence-corrected chi connectivity index (χ1v) is 8.34. The molecule has 0 aliphatic carbocycles. The van der Waals surface area contributed by atoms with E-state index in [-0.39, 0.29) is 12.1 Å². The number of ether oxygens (including phenoxy) is 3. The van der Waals surface area contributed by atoms with Crippen molar-refractivity contribution in [2.75, 3.05) is 32.0 Å². The van der Waals surface area contributed by atoms with E-state index >= 15 is 0 Å². The Labute approximate surface area is 157 Å². The van der Waals surface area contributed by atoms with Crippen LogP contribution in [0.1, 0.15) is 0 Å². The molecular formula is C18H23N5O4. The van der Waals surface area contributed by atoms with Crippen molar-refractivity contribution in [3.63, 3.8) is 0 Å². The largest absolute Gasteiger partial charge is 0.497 e. The minimum atomic E-state index is -0.555. The van der Waals surface area contributed by atoms with Gasteiger partial charge in [0.15, 0.2) is 11.5 Å². The second-order valence-corrected chi connectivity index (χ2v) is 5.80. The summed E-state index contributed by atoms with van der Waals surface area (Å²) >= 11 is 0. The van der Waals surface area contributed by atoms with Crippen LogP contribution in [0.15, 0.2) is 42.5 Å². The molecule has 5 N–H and O–H groups in total. The summed E-state index contributed by atoms with van der Waals surface area (Å²) in [5, 5.41) is 6.12. The molecule has 1 aliphatic rings. The molecule has 1 aliphatic heterocycles. The van der Waals surface area contributed by atoms with Gasteiger partial charge < -0.3 is 24.8 Å². The lowest BCUT2D eigenvalue weighted by Gasteiger charge is -2.20. The highest BCUT2D eigenvalue weighted by atomic mass is 16.5. The van der Waals surface area contributed by atoms with Gasteiger partial charge in [-0.05, 0) is 36.4 Å². The van der Waals surface area contributed by atoms with Gasteiger partial charge in [-0.3, -0.25) is 4.79 Å². The standard InChI is InChI=1S/C18H23N5O4/c1-25-13-7-4-11(5-8-13)19-17-16(21-23-22-17)18(24)20-12-6-9-14(26-2)15(10-12)27-3/h4-10,16-17,19,21-23H,1-3H3,(H,20,24). The first-order valence-electron chi connectivity index (χ1n) is 8.34. The quantitative estimate of drug-likeness (QED) is 0.491. The first-order chi connectivity index (χ1) is 13.1. The van der Waals surface area contributed by atoms with Gasteiger partial charge in [0.1, 0.15) is 18.0 Å². The molecule has 9 nitrogen and oxygen atoms in total. The lowest BCUT2D eigenvalue weighted by Crippen LogP contribution is -2.47. The van der Waals surface area contributed by atoms with Crippen LogP contribution in [0.3, 0.4) is 0 Å². The molecule has 1 saturated heterocycles. The van der Waals surface area contributed by atoms with Crippen molar-refractivity contribution < 1.29 is 19.0 Å². The molecule has 3 rings (SSSR count). The molecule has 1 fully saturated rings. The molecule has 0 saturated carbocycles. The number of nitrogens with one attached hydrogen (secondary N) is 5. The molecule has 144 valence electrons. The highest BCUT2D eigenvalue weighted by Gasteiger charge is 2.32. The number of benzene rings is 2. The van der Waals surface area contributed by atoms with Crippen LogP contribution in [0, 0.1) is 0 Å². The van der Waals surface area contributed by atoms with Crippen LogP contribution in [0.5, 0.6) is 17.2 Å². The van der Waals surface area contributed by atoms with Crippen LogP contribution >= 0.6 is 0 Å². The normalized spacial score (nSPS) is 18.6. The number of hydrogen-bond donors (Lipinski definition) is 5. The maximum Gasteiger partial charge on any atom is 0.246 e. The van der Waals surface area contributed by atoms with E-state index in [0.717, 1.165) is 11.4 Å². The van der Waals surface area contributed by atoms with E-state index in [2.05, 4.69) is 27.0 Å². The predicted octanol–water partition coefficient (Wildman–Crippen LogP) is 1.07. The first kappa shape index (κ1) is 18.8. The second kappa shape index (κ2) is 8.58. The lowest BCUT2D eigenvalue weighted by atomic mass is 10.2. The van der Waals surface area contributed by atoms with Gasteiger partial charge in [0.2, 0.25) is 5.91 Å². The summed E-state index contributed by atoms with van der Waals surface area (Å²) < 4.78 is 15.6. The fourth-order valence-corrected chi connectivity index (χ4v) is 2.70. The number of amides is 1. The minimum absolute atomic E-state index is 0.217. The molecule has 0 radical (unpaired) electrons. The smallest absolute Gasteiger partial charge is 0.246 e. The van der Waals surface area contributed by atoms with E-state index in [1.54, 1.807) is 39.5 Å². The van der Waals surface area contributed by atoms with Crippen molar-refractivity contribution >= 4 is 17.3 Å². The van der Waals surface area contributed by atoms with Crippen molar-refractivity contribution in [3.05, 3.63) is 42.5 Å². The van der Waals surface area contributed by atoms with E-state index in [4.69, 9.17) is 14.2 Å². The molecule has 1 heterocycles. The number of methoxy groups -OCH3 is 3. The molecule has 2 aromatic rings. The third kappa shape index (κ3) is 4.40. The maximum absolute atomic E-state index is 12.7. The fourth-order valence-electron chi connectivity index (χ4n) is 2.70. The molecule has 0 spiro atoms. The van der Waals surface area contributed by atoms with Gasteiger partial charge in [0.05, 0.1) is 21.3 Å². The topological polar surface area (TPSA) is 105 Å². The molecule has 1 amide bonds. The van der Waals surface area contributed by atoms with Crippen LogP contribution in [-0.2, 0) is 4.79 Å². The van der Waals surface area contributed by atoms with Crippen molar-refractivity contribution in [1.29, 1.82) is 0 Å². The summed E-state index contributed by atoms with van der Waals surface area (Å²) in [6.45, 7) is 0. The number of carbonyl (C=O) groups excluding carboxylic acids is 1. The monoisotopic (exact) mass is 373 g/mol. The number of rotatable bonds is 7. The number of anilines is 2. The Bertz CT molecular complexity index is 784. The van der Waals surface area contributed by atoms with Crippen LogP contribution < -0.4 is 41.2 Å². The van der Waals surface area contributed by atoms with Crippen LogP contribution in [0.25, 0.3) is 0 Å². The molecule has 0 aromatic heterocycles. The summed E-state index contributed by atoms with van der Waals surface area (Å²) in [6, 6.07) is 12.1. The Morgan fingerprint density at radius 1 is 0.889 bits per heavy atom. The number of hydrogen-bond acceptors (Lipinski definition) is 8. The molecule has 2 unspecified atom stereocenters. The molecule has 0 bridgehead atoms. The summed E-state index contributed by atoms with van der Waals surface area (Å²) in [5.74, 6) is 1.68. The average molecular weight is 373 g/mol. The molecular weight excluding hydrogens is 350 g/mol. The Morgan fingerprint density at radius 2 is 1.59 bits per heavy atom. The van der Waals surface area contributed by atoms with Crippen LogP contribution in [-0.4, -0.2) is 39.4 Å². The SMILES string of the molecule is COc1ccc(NC2NNNC2C(=O)Nc2ccc(OC)c(OC)c2)cc1. The Morgan fingerprint density at radius 3 is 2.26 bits per heavy atom. The number of carbonyl (C=O) groups is 1. The molecule has 2 atom stereocenters. The van der Waals surface area contributed by atoms with Crippen LogP contribution in [0.4, 0.5) is 11.4 Å². The van der Waals surface area contributed by atoms with E-state index in [1.807, 2.05) is 24.3 Å². The molecule has 27 heavy (non-hydrogen) atoms. The summed E-state index contributed by atoms with van der Waals surface area (Å²) in [4.78, 5) is 12.7. The highest BCUT2D eigenvalue weighted by molar-refractivity contribution is 5.96. The zero-order valence-corrected chi connectivity index (χ0v) is 15.3. The van der Waals surface area contributed by atoms with Gasteiger partial charge in [0.25, 0.3) is 0 Å². The average Bonchev–Trinajstić information content (AvgIpc) is 3.16. The summed E-state index contributed by atoms with van der Waals surface area (Å²) in [5.41, 5.74) is 10.1. The third-order valence-electron chi connectivity index (χ3n) is 4.13. The van der Waals surface area contributed by atoms with Crippen LogP contribution in [0.2, 0.25) is 0 Å². The lowest BCUT2D eigenvalue weighted by molar-refractivity contribution is -0.118. The third-order valence-corrected chi connectivity index (χ3v) is 4.13. The Kier molecular flexibility index (Phi) is 5.97. The van der Waals surface area contributed by atoms with E-state index in [9.17, 15) is 4.79 Å². The van der Waals surface area contributed by atoms with E-state index in [1.165, 1.54) is 0 Å². The number of hydrazine groups is 2. The molecule has 9 heteroatoms. The van der Waals surface area contributed by atoms with Crippen molar-refractivity contribution in [3.8, 4) is 17.2 Å². The van der Waals surface area contributed by atoms with Gasteiger partial charge in [-0.25, -0.2) is 10.9 Å². The van der Waals surface area contributed by atoms with Gasteiger partial charge in [-0.15, -0.1) is 0 Å². The summed E-state index contributed by atoms with van der Waals surface area (Å²) in [7, 11) is 4.72. The maximum atomic E-state index is 12.7. The van der Waals surface area contributed by atoms with Gasteiger partial charge in [0, 0.05) is 17.4 Å². The zero-order chi connectivity index (χ0) is 19.2. The second-order valence-electron chi connectivity index (χ2n) is 5.80. The molecule has 2 aromatic carbocycles. The van der Waals surface area contributed by atoms with E-state index in [0.29, 0.717) is 17.2 Å². The minimum Gasteiger partial charge on any atom is -0.497 e. The summed E-state index contributed by atoms with van der Waals surface area (Å²) in [6.07, 6.45) is -0.362. The zero-order valence-electron chi connectivity index (χ0n) is 15.3. The Balaban J connectivity index is 1.66. The van der Waals surface area contributed by atoms with Crippen molar-refractivity contribution in [2.24, 2.45) is 0 Å².